The van der Waals surface area contributed by atoms with Crippen LogP contribution in [0.1, 0.15) is 39.5 Å². The van der Waals surface area contributed by atoms with Gasteiger partial charge in [0.15, 0.2) is 0 Å². The SMILES string of the molecule is CCOc1ccccc1N1CC2CCCCN2CC1CC. The van der Waals surface area contributed by atoms with E-state index in [1.54, 1.807) is 0 Å². The van der Waals surface area contributed by atoms with E-state index >= 15 is 0 Å². The van der Waals surface area contributed by atoms with Crippen molar-refractivity contribution in [2.24, 2.45) is 0 Å². The molecule has 2 saturated heterocycles. The van der Waals surface area contributed by atoms with Gasteiger partial charge in [0.1, 0.15) is 5.75 Å². The molecular formula is C18H28N2O. The van der Waals surface area contributed by atoms with E-state index in [9.17, 15) is 0 Å². The van der Waals surface area contributed by atoms with Crippen LogP contribution in [0.5, 0.6) is 5.75 Å². The van der Waals surface area contributed by atoms with Crippen LogP contribution in [0.25, 0.3) is 0 Å². The molecule has 3 nitrogen and oxygen atoms in total. The number of anilines is 1. The van der Waals surface area contributed by atoms with E-state index in [1.807, 2.05) is 0 Å². The van der Waals surface area contributed by atoms with Gasteiger partial charge >= 0.3 is 0 Å². The lowest BCUT2D eigenvalue weighted by Gasteiger charge is -2.49. The van der Waals surface area contributed by atoms with Gasteiger partial charge < -0.3 is 9.64 Å². The molecule has 0 N–H and O–H groups in total. The maximum Gasteiger partial charge on any atom is 0.142 e. The van der Waals surface area contributed by atoms with Crippen molar-refractivity contribution in [3.8, 4) is 5.75 Å². The average Bonchev–Trinajstić information content (AvgIpc) is 2.54. The molecule has 0 aliphatic carbocycles. The monoisotopic (exact) mass is 288 g/mol. The highest BCUT2D eigenvalue weighted by molar-refractivity contribution is 5.59. The standard InChI is InChI=1S/C18H28N2O/c1-3-15-13-19-12-8-7-9-16(19)14-20(15)17-10-5-6-11-18(17)21-4-2/h5-6,10-11,15-16H,3-4,7-9,12-14H2,1-2H3. The third-order valence-corrected chi connectivity index (χ3v) is 4.99. The number of nitrogens with zero attached hydrogens (tertiary/aromatic N) is 2. The van der Waals surface area contributed by atoms with Crippen molar-refractivity contribution in [1.29, 1.82) is 0 Å². The first-order chi connectivity index (χ1) is 10.3. The fraction of sp³-hybridized carbons (Fsp3) is 0.667. The summed E-state index contributed by atoms with van der Waals surface area (Å²) in [6, 6.07) is 9.90. The van der Waals surface area contributed by atoms with Crippen molar-refractivity contribution >= 4 is 5.69 Å². The van der Waals surface area contributed by atoms with E-state index in [0.717, 1.165) is 24.9 Å². The molecule has 0 saturated carbocycles. The third-order valence-electron chi connectivity index (χ3n) is 4.99. The molecule has 116 valence electrons. The summed E-state index contributed by atoms with van der Waals surface area (Å²) >= 11 is 0. The molecule has 0 radical (unpaired) electrons. The number of rotatable bonds is 4. The lowest BCUT2D eigenvalue weighted by atomic mass is 9.95. The minimum Gasteiger partial charge on any atom is -0.492 e. The Morgan fingerprint density at radius 1 is 1.14 bits per heavy atom. The second kappa shape index (κ2) is 6.69. The zero-order valence-electron chi connectivity index (χ0n) is 13.4. The molecular weight excluding hydrogens is 260 g/mol. The van der Waals surface area contributed by atoms with Crippen LogP contribution in [0.3, 0.4) is 0 Å². The first-order valence-electron chi connectivity index (χ1n) is 8.56. The van der Waals surface area contributed by atoms with Gasteiger partial charge in [0.25, 0.3) is 0 Å². The second-order valence-corrected chi connectivity index (χ2v) is 6.26. The molecule has 2 unspecified atom stereocenters. The van der Waals surface area contributed by atoms with Crippen LogP contribution < -0.4 is 9.64 Å². The van der Waals surface area contributed by atoms with Gasteiger partial charge in [0.2, 0.25) is 0 Å². The zero-order chi connectivity index (χ0) is 14.7. The lowest BCUT2D eigenvalue weighted by Crippen LogP contribution is -2.59. The maximum atomic E-state index is 5.86. The molecule has 2 heterocycles. The fourth-order valence-corrected chi connectivity index (χ4v) is 3.87. The number of fused-ring (bicyclic) bond motifs is 1. The summed E-state index contributed by atoms with van der Waals surface area (Å²) in [5.74, 6) is 1.04. The molecule has 2 aliphatic rings. The fourth-order valence-electron chi connectivity index (χ4n) is 3.87. The summed E-state index contributed by atoms with van der Waals surface area (Å²) in [5.41, 5.74) is 1.29. The first kappa shape index (κ1) is 14.7. The summed E-state index contributed by atoms with van der Waals surface area (Å²) in [5, 5.41) is 0. The van der Waals surface area contributed by atoms with Crippen molar-refractivity contribution in [2.45, 2.75) is 51.6 Å². The molecule has 2 aliphatic heterocycles. The highest BCUT2D eigenvalue weighted by atomic mass is 16.5. The minimum atomic E-state index is 0.612. The van der Waals surface area contributed by atoms with Crippen LogP contribution in [-0.4, -0.2) is 43.2 Å². The summed E-state index contributed by atoms with van der Waals surface area (Å²) in [7, 11) is 0. The lowest BCUT2D eigenvalue weighted by molar-refractivity contribution is 0.110. The predicted octanol–water partition coefficient (Wildman–Crippen LogP) is 3.54. The van der Waals surface area contributed by atoms with E-state index in [2.05, 4.69) is 47.9 Å². The number of hydrogen-bond donors (Lipinski definition) is 0. The van der Waals surface area contributed by atoms with Crippen LogP contribution in [0.2, 0.25) is 0 Å². The van der Waals surface area contributed by atoms with Gasteiger partial charge in [-0.3, -0.25) is 4.90 Å². The van der Waals surface area contributed by atoms with E-state index in [1.165, 1.54) is 44.5 Å². The summed E-state index contributed by atoms with van der Waals surface area (Å²) in [6.07, 6.45) is 5.31. The molecule has 0 amide bonds. The van der Waals surface area contributed by atoms with Gasteiger partial charge in [-0.15, -0.1) is 0 Å². The van der Waals surface area contributed by atoms with Crippen molar-refractivity contribution in [3.63, 3.8) is 0 Å². The summed E-state index contributed by atoms with van der Waals surface area (Å²) < 4.78 is 5.86. The Labute approximate surface area is 128 Å². The number of piperidine rings is 1. The topological polar surface area (TPSA) is 15.7 Å². The van der Waals surface area contributed by atoms with Crippen LogP contribution in [-0.2, 0) is 0 Å². The van der Waals surface area contributed by atoms with Gasteiger partial charge in [0, 0.05) is 25.2 Å². The minimum absolute atomic E-state index is 0.612. The molecule has 0 aromatic heterocycles. The smallest absolute Gasteiger partial charge is 0.142 e. The van der Waals surface area contributed by atoms with Gasteiger partial charge in [-0.25, -0.2) is 0 Å². The van der Waals surface area contributed by atoms with Crippen LogP contribution in [0.15, 0.2) is 24.3 Å². The highest BCUT2D eigenvalue weighted by Gasteiger charge is 2.35. The average molecular weight is 288 g/mol. The number of para-hydroxylation sites is 2. The Balaban J connectivity index is 1.85. The Bertz CT molecular complexity index is 462. The Kier molecular flexibility index (Phi) is 4.69. The van der Waals surface area contributed by atoms with Crippen molar-refractivity contribution < 1.29 is 4.74 Å². The number of hydrogen-bond acceptors (Lipinski definition) is 3. The molecule has 1 aromatic rings. The molecule has 0 spiro atoms. The van der Waals surface area contributed by atoms with E-state index in [-0.39, 0.29) is 0 Å². The highest BCUT2D eigenvalue weighted by Crippen LogP contribution is 2.34. The van der Waals surface area contributed by atoms with Gasteiger partial charge in [-0.1, -0.05) is 25.5 Å². The molecule has 2 fully saturated rings. The molecule has 1 aromatic carbocycles. The van der Waals surface area contributed by atoms with Gasteiger partial charge in [0.05, 0.1) is 12.3 Å². The zero-order valence-corrected chi connectivity index (χ0v) is 13.4. The van der Waals surface area contributed by atoms with Crippen LogP contribution in [0.4, 0.5) is 5.69 Å². The van der Waals surface area contributed by atoms with Gasteiger partial charge in [-0.05, 0) is 44.9 Å². The predicted molar refractivity (Wildman–Crippen MR) is 88.2 cm³/mol. The quantitative estimate of drug-likeness (QED) is 0.843. The molecule has 3 rings (SSSR count). The first-order valence-corrected chi connectivity index (χ1v) is 8.56. The number of piperazine rings is 1. The number of benzene rings is 1. The Morgan fingerprint density at radius 2 is 2.00 bits per heavy atom. The number of ether oxygens (including phenoxy) is 1. The maximum absolute atomic E-state index is 5.86. The second-order valence-electron chi connectivity index (χ2n) is 6.26. The Hall–Kier alpha value is -1.22. The Morgan fingerprint density at radius 3 is 2.81 bits per heavy atom. The molecule has 0 bridgehead atoms. The van der Waals surface area contributed by atoms with Gasteiger partial charge in [-0.2, -0.15) is 0 Å². The summed E-state index contributed by atoms with van der Waals surface area (Å²) in [6.45, 7) is 8.77. The van der Waals surface area contributed by atoms with E-state index in [0.29, 0.717) is 6.04 Å². The third kappa shape index (κ3) is 3.03. The van der Waals surface area contributed by atoms with Crippen molar-refractivity contribution in [1.82, 2.24) is 4.90 Å². The largest absolute Gasteiger partial charge is 0.492 e. The normalized spacial score (nSPS) is 26.5. The van der Waals surface area contributed by atoms with Crippen LogP contribution >= 0.6 is 0 Å². The molecule has 3 heteroatoms. The van der Waals surface area contributed by atoms with E-state index < -0.39 is 0 Å². The van der Waals surface area contributed by atoms with E-state index in [4.69, 9.17) is 4.74 Å². The summed E-state index contributed by atoms with van der Waals surface area (Å²) in [4.78, 5) is 5.33. The molecule has 2 atom stereocenters. The van der Waals surface area contributed by atoms with Crippen molar-refractivity contribution in [3.05, 3.63) is 24.3 Å². The van der Waals surface area contributed by atoms with Crippen LogP contribution in [0, 0.1) is 0 Å². The van der Waals surface area contributed by atoms with Crippen molar-refractivity contribution in [2.75, 3.05) is 31.1 Å². The molecule has 21 heavy (non-hydrogen) atoms.